The van der Waals surface area contributed by atoms with Crippen molar-refractivity contribution < 1.29 is 147 Å². The molecule has 0 aliphatic rings. The number of aromatic carboxylic acids is 6. The summed E-state index contributed by atoms with van der Waals surface area (Å²) in [7, 11) is 0. The second kappa shape index (κ2) is 112. The number of benzene rings is 10. The molecule has 0 amide bonds. The number of unbranched alkanes of at least 4 members (excludes halogenated alkanes) is 1. The maximum Gasteiger partial charge on any atom is 0.335 e. The molecule has 0 heterocycles. The van der Waals surface area contributed by atoms with Gasteiger partial charge in [0.25, 0.3) is 0 Å². The number of hydrogen-bond donors (Lipinski definition) is 6. The molecule has 714 valence electrons. The summed E-state index contributed by atoms with van der Waals surface area (Å²) in [5.74, 6) is -7.84. The Bertz CT molecular complexity index is 4280. The molecule has 10 rings (SSSR count). The van der Waals surface area contributed by atoms with Crippen molar-refractivity contribution in [1.82, 2.24) is 0 Å². The van der Waals surface area contributed by atoms with Gasteiger partial charge in [0.15, 0.2) is 0 Å². The molecule has 10 aromatic carbocycles. The zero-order valence-corrected chi connectivity index (χ0v) is 90.9. The van der Waals surface area contributed by atoms with Crippen LogP contribution in [-0.4, -0.2) is 66.5 Å². The van der Waals surface area contributed by atoms with Gasteiger partial charge in [-0.1, -0.05) is 327 Å². The van der Waals surface area contributed by atoms with Crippen molar-refractivity contribution in [2.75, 3.05) is 0 Å². The Morgan fingerprint density at radius 3 is 0.692 bits per heavy atom. The smallest absolute Gasteiger partial charge is 0.335 e. The zero-order valence-electron chi connectivity index (χ0n) is 82.0. The zero-order chi connectivity index (χ0) is 99.2. The van der Waals surface area contributed by atoms with Crippen LogP contribution in [0, 0.1) is 71.6 Å². The summed E-state index contributed by atoms with van der Waals surface area (Å²) in [6.07, 6.45) is 22.5. The first-order valence-electron chi connectivity index (χ1n) is 41.5. The summed E-state index contributed by atoms with van der Waals surface area (Å²) in [6.45, 7) is 56.4. The van der Waals surface area contributed by atoms with Crippen LogP contribution in [0.4, 0.5) is 22.0 Å². The number of hydrogen-bond acceptors (Lipinski definition) is 6. The molecule has 0 fully saturated rings. The van der Waals surface area contributed by atoms with Crippen molar-refractivity contribution in [2.24, 2.45) is 0 Å². The fourth-order valence-electron chi connectivity index (χ4n) is 7.12. The molecule has 0 bridgehead atoms. The number of carboxylic acid groups (broad SMARTS) is 6. The first-order valence-corrected chi connectivity index (χ1v) is 43.0. The molecular weight excluding hydrogens is 1930 g/mol. The standard InChI is InChI=1S/C10H11FO2.C10H9FO2.C10H11F.C7H4BrFO2.C7H6BrF.3C7H6O2.2C7H8.C4H10.2C4H8.2C3H6.5C2H6.2CH3.2Y/c2*1-2-3-7-4-5-8(10(12)13)6-9(7)11;1-3-4-9-6-5-8(2)7-10(9)11;8-5-2-1-4(7(10)11)3-6(5)9;1-5-2-3-6(8)7(9)4-5;3*8-7(9)6-4-2-1-3-5-6;2*1-7-5-3-2-4-6-7;3*1-3-4-2;2*1-3-2;5*1-2;;;;/h4-6H,2-3H2,1H3,(H,12,13);2-6H,1H3,(H,12,13);3-7H,1-2H3;1-3H,(H,10,11);2-4H,1H3;3*1-5H,(H,8,9);2*2-6H,1H3;3-4H2,1-2H3;2*3-4H,1-2H3;2*3H,1H2,2H3;5*1-2H3;2*1H3;;/q;;;;;;;;;;;;;;;;;;;;2*-1;;/b;3-2+;4-3+;;;;;;;;;2*4-3+;;;;;;;;;;;. The number of allylic oxidation sites excluding steroid dienone is 8. The Labute approximate surface area is 847 Å². The van der Waals surface area contributed by atoms with Gasteiger partial charge in [0.2, 0.25) is 0 Å². The quantitative estimate of drug-likeness (QED) is 0.0404. The van der Waals surface area contributed by atoms with Gasteiger partial charge in [0.1, 0.15) is 29.1 Å². The average molecular weight is 2080 g/mol. The molecule has 21 heteroatoms. The van der Waals surface area contributed by atoms with Crippen molar-refractivity contribution in [3.63, 3.8) is 0 Å². The molecule has 130 heavy (non-hydrogen) atoms. The molecular formula is C109H149Br2F5O12Y2-2. The van der Waals surface area contributed by atoms with Gasteiger partial charge in [-0.2, -0.15) is 0 Å². The van der Waals surface area contributed by atoms with Crippen molar-refractivity contribution in [2.45, 2.75) is 199 Å². The van der Waals surface area contributed by atoms with Gasteiger partial charge in [-0.15, -0.1) is 13.2 Å². The molecule has 12 nitrogen and oxygen atoms in total. The summed E-state index contributed by atoms with van der Waals surface area (Å²) in [5.41, 5.74) is 7.07. The van der Waals surface area contributed by atoms with Gasteiger partial charge in [-0.3, -0.25) is 0 Å². The van der Waals surface area contributed by atoms with Crippen LogP contribution in [0.5, 0.6) is 0 Å². The summed E-state index contributed by atoms with van der Waals surface area (Å²) in [4.78, 5) is 61.8. The third-order valence-electron chi connectivity index (χ3n) is 13.3. The van der Waals surface area contributed by atoms with E-state index >= 15 is 0 Å². The van der Waals surface area contributed by atoms with E-state index in [1.807, 2.05) is 217 Å². The fraction of sp³-hybridized carbons (Fsp3) is 0.266. The Hall–Kier alpha value is -9.72. The second-order valence-electron chi connectivity index (χ2n) is 23.3. The Balaban J connectivity index is -0.0000000928. The van der Waals surface area contributed by atoms with Gasteiger partial charge in [0, 0.05) is 76.5 Å². The minimum Gasteiger partial charge on any atom is -0.478 e. The van der Waals surface area contributed by atoms with Crippen LogP contribution in [0.2, 0.25) is 0 Å². The van der Waals surface area contributed by atoms with Crippen LogP contribution in [-0.2, 0) is 71.8 Å². The van der Waals surface area contributed by atoms with E-state index in [0.717, 1.165) is 35.7 Å². The molecule has 0 unspecified atom stereocenters. The maximum absolute atomic E-state index is 13.1. The molecule has 0 aromatic heterocycles. The van der Waals surface area contributed by atoms with E-state index in [1.165, 1.54) is 72.5 Å². The Kier molecular flexibility index (Phi) is 130. The molecule has 6 N–H and O–H groups in total. The van der Waals surface area contributed by atoms with E-state index in [-0.39, 0.29) is 113 Å². The molecule has 10 aromatic rings. The largest absolute Gasteiger partial charge is 0.478 e. The van der Waals surface area contributed by atoms with Crippen molar-refractivity contribution in [3.8, 4) is 0 Å². The summed E-state index contributed by atoms with van der Waals surface area (Å²) < 4.78 is 65.2. The van der Waals surface area contributed by atoms with E-state index in [1.54, 1.807) is 140 Å². The molecule has 0 spiro atoms. The van der Waals surface area contributed by atoms with Crippen molar-refractivity contribution >= 4 is 79.8 Å². The summed E-state index contributed by atoms with van der Waals surface area (Å²) in [6, 6.07) is 67.2. The monoisotopic (exact) mass is 2080 g/mol. The van der Waals surface area contributed by atoms with Crippen LogP contribution in [0.3, 0.4) is 0 Å². The Morgan fingerprint density at radius 2 is 0.500 bits per heavy atom. The third-order valence-corrected chi connectivity index (χ3v) is 14.6. The van der Waals surface area contributed by atoms with E-state index in [9.17, 15) is 50.7 Å². The molecule has 2 radical (unpaired) electrons. The number of carboxylic acids is 6. The number of carbonyl (C=O) groups is 6. The topological polar surface area (TPSA) is 224 Å². The number of halogens is 7. The summed E-state index contributed by atoms with van der Waals surface area (Å²) >= 11 is 5.96. The van der Waals surface area contributed by atoms with Gasteiger partial charge >= 0.3 is 35.8 Å². The predicted octanol–water partition coefficient (Wildman–Crippen LogP) is 34.9. The molecule has 0 aliphatic carbocycles. The molecule has 0 atom stereocenters. The van der Waals surface area contributed by atoms with E-state index in [0.29, 0.717) is 44.3 Å². The van der Waals surface area contributed by atoms with Crippen LogP contribution in [0.25, 0.3) is 12.2 Å². The Morgan fingerprint density at radius 1 is 0.285 bits per heavy atom. The minimum atomic E-state index is -1.13. The van der Waals surface area contributed by atoms with Crippen LogP contribution < -0.4 is 0 Å². The van der Waals surface area contributed by atoms with E-state index in [2.05, 4.69) is 97.0 Å². The third kappa shape index (κ3) is 94.4. The molecule has 0 saturated heterocycles. The van der Waals surface area contributed by atoms with Crippen LogP contribution in [0.15, 0.2) is 313 Å². The van der Waals surface area contributed by atoms with Gasteiger partial charge in [0.05, 0.1) is 42.3 Å². The van der Waals surface area contributed by atoms with Crippen LogP contribution in [0.1, 0.15) is 266 Å². The first-order chi connectivity index (χ1) is 60.1. The van der Waals surface area contributed by atoms with Crippen molar-refractivity contribution in [1.29, 1.82) is 0 Å². The van der Waals surface area contributed by atoms with Gasteiger partial charge in [-0.05, 0) is 235 Å². The average Bonchev–Trinajstić information content (AvgIpc) is 0.867. The molecule has 0 aliphatic heterocycles. The van der Waals surface area contributed by atoms with E-state index in [4.69, 9.17) is 30.6 Å². The van der Waals surface area contributed by atoms with Gasteiger partial charge in [-0.25, -0.2) is 50.7 Å². The fourth-order valence-corrected chi connectivity index (χ4v) is 7.61. The van der Waals surface area contributed by atoms with Crippen molar-refractivity contribution in [3.05, 3.63) is 430 Å². The predicted molar refractivity (Wildman–Crippen MR) is 547 cm³/mol. The van der Waals surface area contributed by atoms with Gasteiger partial charge < -0.3 is 45.5 Å². The van der Waals surface area contributed by atoms with E-state index < -0.39 is 53.3 Å². The number of rotatable bonds is 11. The first kappa shape index (κ1) is 152. The summed E-state index contributed by atoms with van der Waals surface area (Å²) in [5, 5.41) is 50.7. The number of aryl methyl sites for hydroxylation is 5. The van der Waals surface area contributed by atoms with Crippen LogP contribution >= 0.6 is 31.9 Å². The minimum absolute atomic E-state index is 0. The second-order valence-corrected chi connectivity index (χ2v) is 25.0. The maximum atomic E-state index is 13.1. The SMILES string of the molecule is C/C=C/C.C/C=C/C.C/C=C/c1ccc(C(=O)O)cc1F.C/C=C/c1ccc(C)cc1F.C=CC.C=CC.CC.CC.CC.CC.CC.CCCC.CCCc1ccc(C(=O)O)cc1F.Cc1ccc(Br)c(F)c1.Cc1ccccc1.Cc1ccccc1.O=C(O)c1ccc(Br)c(F)c1.O=C(O)c1ccccc1.O=C(O)c1ccccc1.O=C(O)c1ccccc1.[CH3-].[CH3-].[Y].[Y]. The normalized spacial score (nSPS) is 8.49. The molecule has 0 saturated carbocycles.